The molecule has 1 aromatic carbocycles. The normalized spacial score (nSPS) is 17.5. The zero-order valence-electron chi connectivity index (χ0n) is 11.9. The fourth-order valence-corrected chi connectivity index (χ4v) is 3.56. The van der Waals surface area contributed by atoms with Crippen molar-refractivity contribution in [1.82, 2.24) is 5.32 Å². The van der Waals surface area contributed by atoms with Crippen LogP contribution in [-0.4, -0.2) is 28.4 Å². The molecule has 1 aliphatic rings. The molecule has 0 bridgehead atoms. The Labute approximate surface area is 139 Å². The summed E-state index contributed by atoms with van der Waals surface area (Å²) in [5, 5.41) is 14.0. The first-order chi connectivity index (χ1) is 9.90. The van der Waals surface area contributed by atoms with Crippen LogP contribution in [0, 0.1) is 0 Å². The van der Waals surface area contributed by atoms with Gasteiger partial charge < -0.3 is 5.11 Å². The van der Waals surface area contributed by atoms with Crippen molar-refractivity contribution in [2.45, 2.75) is 49.1 Å². The summed E-state index contributed by atoms with van der Waals surface area (Å²) in [5.74, 6) is 0.0372. The van der Waals surface area contributed by atoms with E-state index in [1.54, 1.807) is 30.8 Å². The van der Waals surface area contributed by atoms with Crippen molar-refractivity contribution < 1.29 is 9.90 Å². The molecule has 1 aromatic rings. The van der Waals surface area contributed by atoms with Gasteiger partial charge in [0.25, 0.3) is 0 Å². The summed E-state index contributed by atoms with van der Waals surface area (Å²) in [6.07, 6.45) is 3.56. The maximum atomic E-state index is 11.4. The number of nitrogens with one attached hydrogen (secondary N) is 1. The van der Waals surface area contributed by atoms with Crippen molar-refractivity contribution in [3.63, 3.8) is 0 Å². The number of halogens is 2. The molecule has 1 aliphatic carbocycles. The van der Waals surface area contributed by atoms with Crippen LogP contribution in [0.25, 0.3) is 0 Å². The average molecular weight is 348 g/mol. The number of aliphatic carboxylic acids is 1. The highest BCUT2D eigenvalue weighted by molar-refractivity contribution is 7.99. The maximum absolute atomic E-state index is 11.4. The minimum absolute atomic E-state index is 0.376. The van der Waals surface area contributed by atoms with E-state index in [4.69, 9.17) is 23.2 Å². The molecule has 1 atom stereocenters. The standard InChI is InChI=1S/C15H19Cl2NO2S/c1-15(14(19)20,18-11-4-5-11)7-2-8-21-13-9-10(16)3-6-12(13)17/h3,6,9,11,18H,2,4-5,7-8H2,1H3,(H,19,20). The third kappa shape index (κ3) is 5.06. The summed E-state index contributed by atoms with van der Waals surface area (Å²) < 4.78 is 0. The number of hydrogen-bond acceptors (Lipinski definition) is 3. The molecule has 1 saturated carbocycles. The van der Waals surface area contributed by atoms with Crippen LogP contribution in [0.2, 0.25) is 10.0 Å². The summed E-state index contributed by atoms with van der Waals surface area (Å²) in [6.45, 7) is 1.77. The van der Waals surface area contributed by atoms with Gasteiger partial charge in [-0.3, -0.25) is 10.1 Å². The van der Waals surface area contributed by atoms with Gasteiger partial charge in [-0.05, 0) is 56.6 Å². The van der Waals surface area contributed by atoms with E-state index in [0.29, 0.717) is 22.5 Å². The van der Waals surface area contributed by atoms with Crippen molar-refractivity contribution in [2.75, 3.05) is 5.75 Å². The van der Waals surface area contributed by atoms with Gasteiger partial charge in [-0.2, -0.15) is 0 Å². The molecular weight excluding hydrogens is 329 g/mol. The predicted molar refractivity (Wildman–Crippen MR) is 88.6 cm³/mol. The molecule has 0 heterocycles. The number of thioether (sulfide) groups is 1. The van der Waals surface area contributed by atoms with Crippen LogP contribution in [-0.2, 0) is 4.79 Å². The summed E-state index contributed by atoms with van der Waals surface area (Å²) in [7, 11) is 0. The summed E-state index contributed by atoms with van der Waals surface area (Å²) in [6, 6.07) is 5.76. The molecule has 3 nitrogen and oxygen atoms in total. The molecule has 6 heteroatoms. The molecule has 0 spiro atoms. The first-order valence-corrected chi connectivity index (χ1v) is 8.74. The highest BCUT2D eigenvalue weighted by Gasteiger charge is 2.37. The Kier molecular flexibility index (Phi) is 5.83. The molecule has 0 amide bonds. The lowest BCUT2D eigenvalue weighted by atomic mass is 9.96. The maximum Gasteiger partial charge on any atom is 0.323 e. The van der Waals surface area contributed by atoms with Gasteiger partial charge in [0.15, 0.2) is 0 Å². The lowest BCUT2D eigenvalue weighted by molar-refractivity contribution is -0.144. The van der Waals surface area contributed by atoms with Crippen LogP contribution < -0.4 is 5.32 Å². The minimum Gasteiger partial charge on any atom is -0.480 e. The number of carboxylic acids is 1. The lowest BCUT2D eigenvalue weighted by Gasteiger charge is -2.26. The Balaban J connectivity index is 1.82. The monoisotopic (exact) mass is 347 g/mol. The van der Waals surface area contributed by atoms with Crippen molar-refractivity contribution in [3.8, 4) is 0 Å². The summed E-state index contributed by atoms with van der Waals surface area (Å²) >= 11 is 13.7. The van der Waals surface area contributed by atoms with Gasteiger partial charge in [0.2, 0.25) is 0 Å². The predicted octanol–water partition coefficient (Wildman–Crippen LogP) is 4.46. The minimum atomic E-state index is -0.833. The topological polar surface area (TPSA) is 49.3 Å². The Hall–Kier alpha value is -0.420. The molecule has 1 fully saturated rings. The molecule has 21 heavy (non-hydrogen) atoms. The third-order valence-electron chi connectivity index (χ3n) is 3.54. The molecule has 2 rings (SSSR count). The Morgan fingerprint density at radius 1 is 1.48 bits per heavy atom. The highest BCUT2D eigenvalue weighted by Crippen LogP contribution is 2.31. The van der Waals surface area contributed by atoms with Crippen LogP contribution in [0.15, 0.2) is 23.1 Å². The summed E-state index contributed by atoms with van der Waals surface area (Å²) in [5.41, 5.74) is -0.833. The number of benzene rings is 1. The van der Waals surface area contributed by atoms with Gasteiger partial charge >= 0.3 is 5.97 Å². The van der Waals surface area contributed by atoms with Crippen LogP contribution in [0.4, 0.5) is 0 Å². The molecule has 0 aromatic heterocycles. The van der Waals surface area contributed by atoms with Crippen molar-refractivity contribution >= 4 is 40.9 Å². The van der Waals surface area contributed by atoms with Crippen LogP contribution in [0.3, 0.4) is 0 Å². The Bertz CT molecular complexity index is 522. The van der Waals surface area contributed by atoms with Crippen LogP contribution in [0.5, 0.6) is 0 Å². The smallest absolute Gasteiger partial charge is 0.323 e. The zero-order chi connectivity index (χ0) is 15.5. The lowest BCUT2D eigenvalue weighted by Crippen LogP contribution is -2.50. The second-order valence-electron chi connectivity index (χ2n) is 5.58. The van der Waals surface area contributed by atoms with Gasteiger partial charge in [0, 0.05) is 16.0 Å². The van der Waals surface area contributed by atoms with E-state index >= 15 is 0 Å². The SMILES string of the molecule is CC(CCCSc1cc(Cl)ccc1Cl)(NC1CC1)C(=O)O. The van der Waals surface area contributed by atoms with E-state index in [2.05, 4.69) is 5.32 Å². The second kappa shape index (κ2) is 7.23. The molecule has 2 N–H and O–H groups in total. The molecule has 0 saturated heterocycles. The van der Waals surface area contributed by atoms with Gasteiger partial charge in [-0.15, -0.1) is 11.8 Å². The van der Waals surface area contributed by atoms with E-state index in [-0.39, 0.29) is 0 Å². The van der Waals surface area contributed by atoms with E-state index in [1.807, 2.05) is 6.07 Å². The largest absolute Gasteiger partial charge is 0.480 e. The van der Waals surface area contributed by atoms with Gasteiger partial charge in [-0.25, -0.2) is 0 Å². The number of hydrogen-bond donors (Lipinski definition) is 2. The molecule has 116 valence electrons. The summed E-state index contributed by atoms with van der Waals surface area (Å²) in [4.78, 5) is 12.4. The average Bonchev–Trinajstić information content (AvgIpc) is 3.22. The zero-order valence-corrected chi connectivity index (χ0v) is 14.2. The third-order valence-corrected chi connectivity index (χ3v) is 5.36. The number of carbonyl (C=O) groups is 1. The van der Waals surface area contributed by atoms with Crippen molar-refractivity contribution in [2.24, 2.45) is 0 Å². The highest BCUT2D eigenvalue weighted by atomic mass is 35.5. The van der Waals surface area contributed by atoms with E-state index in [1.165, 1.54) is 0 Å². The molecule has 0 aliphatic heterocycles. The van der Waals surface area contributed by atoms with Gasteiger partial charge in [0.05, 0.1) is 5.02 Å². The van der Waals surface area contributed by atoms with E-state index < -0.39 is 11.5 Å². The second-order valence-corrected chi connectivity index (χ2v) is 7.56. The van der Waals surface area contributed by atoms with Crippen LogP contribution in [0.1, 0.15) is 32.6 Å². The van der Waals surface area contributed by atoms with Crippen LogP contribution >= 0.6 is 35.0 Å². The van der Waals surface area contributed by atoms with Gasteiger partial charge in [0.1, 0.15) is 5.54 Å². The number of carboxylic acid groups (broad SMARTS) is 1. The van der Waals surface area contributed by atoms with E-state index in [9.17, 15) is 9.90 Å². The quantitative estimate of drug-likeness (QED) is 0.538. The molecular formula is C15H19Cl2NO2S. The molecule has 1 unspecified atom stereocenters. The van der Waals surface area contributed by atoms with E-state index in [0.717, 1.165) is 29.9 Å². The first kappa shape index (κ1) is 16.9. The fraction of sp³-hybridized carbons (Fsp3) is 0.533. The van der Waals surface area contributed by atoms with Crippen molar-refractivity contribution in [1.29, 1.82) is 0 Å². The Morgan fingerprint density at radius 3 is 2.81 bits per heavy atom. The Morgan fingerprint density at radius 2 is 2.19 bits per heavy atom. The van der Waals surface area contributed by atoms with Crippen molar-refractivity contribution in [3.05, 3.63) is 28.2 Å². The molecule has 0 radical (unpaired) electrons. The first-order valence-electron chi connectivity index (χ1n) is 7.00. The number of rotatable bonds is 8. The fourth-order valence-electron chi connectivity index (χ4n) is 2.11. The van der Waals surface area contributed by atoms with Gasteiger partial charge in [-0.1, -0.05) is 23.2 Å².